The maximum absolute atomic E-state index is 11.2. The van der Waals surface area contributed by atoms with E-state index in [0.717, 1.165) is 0 Å². The SMILES string of the molecule is CC(C)(C)[Si](C)(C)[C](=C=O)[Ge]([CH3])([CH3])[CH3]. The Hall–Kier alpha value is 0.210. The van der Waals surface area contributed by atoms with Crippen molar-refractivity contribution in [2.75, 3.05) is 0 Å². The van der Waals surface area contributed by atoms with E-state index in [-0.39, 0.29) is 5.04 Å². The Morgan fingerprint density at radius 1 is 1.14 bits per heavy atom. The molecular formula is C11H24GeOSi. The number of hydrogen-bond donors (Lipinski definition) is 0. The van der Waals surface area contributed by atoms with Gasteiger partial charge in [-0.05, 0) is 0 Å². The van der Waals surface area contributed by atoms with Gasteiger partial charge in [0.25, 0.3) is 0 Å². The zero-order valence-corrected chi connectivity index (χ0v) is 14.0. The summed E-state index contributed by atoms with van der Waals surface area (Å²) in [6, 6.07) is 0. The van der Waals surface area contributed by atoms with Crippen LogP contribution < -0.4 is 0 Å². The molecule has 0 atom stereocenters. The number of carbonyl (C=O) groups excluding carboxylic acids is 1. The molecule has 0 N–H and O–H groups in total. The third-order valence-corrected chi connectivity index (χ3v) is 19.6. The van der Waals surface area contributed by atoms with Crippen LogP contribution in [-0.2, 0) is 4.79 Å². The van der Waals surface area contributed by atoms with E-state index < -0.39 is 21.3 Å². The Kier molecular flexibility index (Phi) is 4.05. The molecule has 0 fully saturated rings. The van der Waals surface area contributed by atoms with E-state index in [0.29, 0.717) is 0 Å². The molecule has 14 heavy (non-hydrogen) atoms. The quantitative estimate of drug-likeness (QED) is 0.554. The van der Waals surface area contributed by atoms with Crippen LogP contribution in [0.2, 0.25) is 35.4 Å². The fourth-order valence-corrected chi connectivity index (χ4v) is 19.3. The maximum atomic E-state index is 11.2. The molecule has 1 nitrogen and oxygen atoms in total. The van der Waals surface area contributed by atoms with Crippen molar-refractivity contribution in [1.29, 1.82) is 0 Å². The molecule has 3 heteroatoms. The van der Waals surface area contributed by atoms with E-state index in [1.165, 1.54) is 4.03 Å². The van der Waals surface area contributed by atoms with Crippen LogP contribution in [0.25, 0.3) is 0 Å². The second-order valence-electron chi connectivity index (χ2n) is 6.60. The zero-order chi connectivity index (χ0) is 11.8. The summed E-state index contributed by atoms with van der Waals surface area (Å²) in [5.41, 5.74) is 0. The molecule has 0 aromatic heterocycles. The van der Waals surface area contributed by atoms with Crippen LogP contribution >= 0.6 is 0 Å². The minimum absolute atomic E-state index is 0.262. The van der Waals surface area contributed by atoms with Crippen LogP contribution in [-0.4, -0.2) is 27.3 Å². The molecule has 0 saturated carbocycles. The fourth-order valence-electron chi connectivity index (χ4n) is 1.59. The topological polar surface area (TPSA) is 17.1 Å². The van der Waals surface area contributed by atoms with E-state index in [4.69, 9.17) is 0 Å². The molecule has 82 valence electrons. The molecular weight excluding hydrogens is 249 g/mol. The van der Waals surface area contributed by atoms with Crippen molar-refractivity contribution in [2.45, 2.75) is 56.2 Å². The summed E-state index contributed by atoms with van der Waals surface area (Å²) >= 11 is -1.98. The van der Waals surface area contributed by atoms with Crippen LogP contribution in [0.4, 0.5) is 0 Å². The van der Waals surface area contributed by atoms with Gasteiger partial charge in [0.2, 0.25) is 0 Å². The molecule has 0 aliphatic carbocycles. The van der Waals surface area contributed by atoms with Gasteiger partial charge in [0.15, 0.2) is 0 Å². The molecule has 0 aliphatic heterocycles. The average Bonchev–Trinajstić information content (AvgIpc) is 1.80. The first-order valence-corrected chi connectivity index (χ1v) is 15.5. The van der Waals surface area contributed by atoms with Crippen molar-refractivity contribution in [3.05, 3.63) is 4.03 Å². The second kappa shape index (κ2) is 3.99. The summed E-state index contributed by atoms with van der Waals surface area (Å²) in [5, 5.41) is 0.262. The molecule has 0 aromatic carbocycles. The van der Waals surface area contributed by atoms with Crippen molar-refractivity contribution < 1.29 is 4.79 Å². The summed E-state index contributed by atoms with van der Waals surface area (Å²) in [6.45, 7) is 11.4. The molecule has 0 amide bonds. The van der Waals surface area contributed by atoms with E-state index in [2.05, 4.69) is 57.1 Å². The first kappa shape index (κ1) is 14.2. The molecule has 0 rings (SSSR count). The molecule has 0 radical (unpaired) electrons. The Morgan fingerprint density at radius 3 is 1.57 bits per heavy atom. The van der Waals surface area contributed by atoms with Gasteiger partial charge < -0.3 is 0 Å². The van der Waals surface area contributed by atoms with Gasteiger partial charge >= 0.3 is 92.3 Å². The molecule has 0 heterocycles. The Balaban J connectivity index is 5.40. The normalized spacial score (nSPS) is 13.7. The fraction of sp³-hybridized carbons (Fsp3) is 0.818. The summed E-state index contributed by atoms with van der Waals surface area (Å²) in [7, 11) is -1.59. The summed E-state index contributed by atoms with van der Waals surface area (Å²) < 4.78 is 1.20. The van der Waals surface area contributed by atoms with Crippen molar-refractivity contribution in [3.63, 3.8) is 0 Å². The standard InChI is InChI=1S/C11H24GeOSi/c1-11(2,3)14(7,8)10(9-13)12(4,5)6/h1-8H3. The predicted molar refractivity (Wildman–Crippen MR) is 69.7 cm³/mol. The van der Waals surface area contributed by atoms with Crippen LogP contribution in [0.5, 0.6) is 0 Å². The van der Waals surface area contributed by atoms with Crippen LogP contribution in [0, 0.1) is 0 Å². The second-order valence-corrected chi connectivity index (χ2v) is 23.4. The van der Waals surface area contributed by atoms with E-state index in [1.54, 1.807) is 0 Å². The summed E-state index contributed by atoms with van der Waals surface area (Å²) in [4.78, 5) is 11.2. The Bertz CT molecular complexity index is 262. The van der Waals surface area contributed by atoms with Gasteiger partial charge in [0.1, 0.15) is 0 Å². The van der Waals surface area contributed by atoms with Crippen molar-refractivity contribution in [3.8, 4) is 0 Å². The summed E-state index contributed by atoms with van der Waals surface area (Å²) in [6.07, 6.45) is 0. The predicted octanol–water partition coefficient (Wildman–Crippen LogP) is 3.67. The van der Waals surface area contributed by atoms with Gasteiger partial charge in [-0.2, -0.15) is 0 Å². The Morgan fingerprint density at radius 2 is 1.50 bits per heavy atom. The zero-order valence-electron chi connectivity index (χ0n) is 10.9. The minimum atomic E-state index is -1.98. The van der Waals surface area contributed by atoms with E-state index >= 15 is 0 Å². The van der Waals surface area contributed by atoms with Crippen LogP contribution in [0.3, 0.4) is 0 Å². The van der Waals surface area contributed by atoms with Crippen molar-refractivity contribution >= 4 is 27.3 Å². The van der Waals surface area contributed by atoms with Gasteiger partial charge in [0, 0.05) is 0 Å². The van der Waals surface area contributed by atoms with Crippen LogP contribution in [0.15, 0.2) is 4.03 Å². The average molecular weight is 273 g/mol. The molecule has 0 aromatic rings. The van der Waals surface area contributed by atoms with Crippen molar-refractivity contribution in [1.82, 2.24) is 0 Å². The van der Waals surface area contributed by atoms with Crippen molar-refractivity contribution in [2.24, 2.45) is 0 Å². The van der Waals surface area contributed by atoms with Gasteiger partial charge in [-0.15, -0.1) is 0 Å². The third kappa shape index (κ3) is 2.85. The van der Waals surface area contributed by atoms with E-state index in [9.17, 15) is 4.79 Å². The first-order chi connectivity index (χ1) is 5.94. The van der Waals surface area contributed by atoms with Gasteiger partial charge in [-0.25, -0.2) is 0 Å². The molecule has 0 bridgehead atoms. The number of rotatable bonds is 2. The number of hydrogen-bond acceptors (Lipinski definition) is 1. The monoisotopic (exact) mass is 274 g/mol. The summed E-state index contributed by atoms with van der Waals surface area (Å²) in [5.74, 6) is 9.18. The first-order valence-electron chi connectivity index (χ1n) is 5.20. The molecule has 0 spiro atoms. The molecule has 0 saturated heterocycles. The Labute approximate surface area is 92.3 Å². The third-order valence-electron chi connectivity index (χ3n) is 3.35. The van der Waals surface area contributed by atoms with Crippen LogP contribution in [0.1, 0.15) is 20.8 Å². The molecule has 0 aliphatic rings. The van der Waals surface area contributed by atoms with Gasteiger partial charge in [-0.1, -0.05) is 0 Å². The van der Waals surface area contributed by atoms with Gasteiger partial charge in [0.05, 0.1) is 0 Å². The van der Waals surface area contributed by atoms with Gasteiger partial charge in [-0.3, -0.25) is 0 Å². The van der Waals surface area contributed by atoms with E-state index in [1.807, 2.05) is 0 Å². The molecule has 0 unspecified atom stereocenters.